The third kappa shape index (κ3) is 4.33. The van der Waals surface area contributed by atoms with Gasteiger partial charge in [0.25, 0.3) is 0 Å². The van der Waals surface area contributed by atoms with Crippen LogP contribution in [0.2, 0.25) is 0 Å². The Balaban J connectivity index is 2.08. The Labute approximate surface area is 156 Å². The second-order valence-corrected chi connectivity index (χ2v) is 6.00. The molecule has 0 radical (unpaired) electrons. The highest BCUT2D eigenvalue weighted by Crippen LogP contribution is 2.33. The summed E-state index contributed by atoms with van der Waals surface area (Å²) >= 11 is 0. The van der Waals surface area contributed by atoms with E-state index < -0.39 is 0 Å². The number of esters is 1. The fourth-order valence-electron chi connectivity index (χ4n) is 2.90. The van der Waals surface area contributed by atoms with Crippen molar-refractivity contribution < 1.29 is 9.53 Å². The molecule has 0 aliphatic carbocycles. The fourth-order valence-corrected chi connectivity index (χ4v) is 2.90. The lowest BCUT2D eigenvalue weighted by Crippen LogP contribution is -2.03. The van der Waals surface area contributed by atoms with Crippen molar-refractivity contribution in [3.8, 4) is 22.3 Å². The molecule has 1 aromatic heterocycles. The van der Waals surface area contributed by atoms with Crippen LogP contribution in [-0.4, -0.2) is 23.0 Å². The van der Waals surface area contributed by atoms with Gasteiger partial charge in [0, 0.05) is 30.1 Å². The first kappa shape index (κ1) is 18.2. The number of methoxy groups -OCH3 is 1. The Morgan fingerprint density at radius 3 is 2.59 bits per heavy atom. The number of carbonyl (C=O) groups is 1. The third-order valence-corrected chi connectivity index (χ3v) is 4.21. The fraction of sp³-hybridized carbons (Fsp3) is 0.150. The summed E-state index contributed by atoms with van der Waals surface area (Å²) in [7, 11) is 1.38. The van der Waals surface area contributed by atoms with Crippen molar-refractivity contribution in [2.75, 3.05) is 12.8 Å². The van der Waals surface area contributed by atoms with Gasteiger partial charge in [0.1, 0.15) is 6.33 Å². The predicted molar refractivity (Wildman–Crippen MR) is 102 cm³/mol. The summed E-state index contributed by atoms with van der Waals surface area (Å²) in [5.74, 6) is -0.274. The first-order valence-corrected chi connectivity index (χ1v) is 8.34. The lowest BCUT2D eigenvalue weighted by molar-refractivity contribution is -0.140. The summed E-state index contributed by atoms with van der Waals surface area (Å²) in [6.45, 7) is 0. The van der Waals surface area contributed by atoms with E-state index in [4.69, 9.17) is 16.0 Å². The standard InChI is InChI=1S/C20H19N5O2/c1-27-20(26)5-3-14-6-13(16-10-23-12-24-11-16)2-4-19(14)15-7-17(21)9-18(8-15)25-22/h2,4,6-12,22H,3,5,21H2,1H3. The van der Waals surface area contributed by atoms with Crippen molar-refractivity contribution in [2.45, 2.75) is 12.8 Å². The van der Waals surface area contributed by atoms with Gasteiger partial charge in [-0.1, -0.05) is 18.2 Å². The molecule has 0 saturated heterocycles. The van der Waals surface area contributed by atoms with Crippen LogP contribution in [0.15, 0.2) is 60.2 Å². The van der Waals surface area contributed by atoms with Crippen molar-refractivity contribution in [2.24, 2.45) is 5.11 Å². The van der Waals surface area contributed by atoms with Crippen LogP contribution in [0, 0.1) is 5.53 Å². The molecule has 7 nitrogen and oxygen atoms in total. The van der Waals surface area contributed by atoms with Crippen LogP contribution in [0.5, 0.6) is 0 Å². The SMILES string of the molecule is COC(=O)CCc1cc(-c2cncnc2)ccc1-c1cc(N)cc(N=N)c1. The van der Waals surface area contributed by atoms with E-state index in [1.54, 1.807) is 24.5 Å². The average Bonchev–Trinajstić information content (AvgIpc) is 2.71. The topological polar surface area (TPSA) is 114 Å². The van der Waals surface area contributed by atoms with Crippen LogP contribution >= 0.6 is 0 Å². The van der Waals surface area contributed by atoms with E-state index in [1.165, 1.54) is 13.4 Å². The summed E-state index contributed by atoms with van der Waals surface area (Å²) < 4.78 is 4.77. The van der Waals surface area contributed by atoms with Crippen LogP contribution in [0.3, 0.4) is 0 Å². The van der Waals surface area contributed by atoms with Gasteiger partial charge in [-0.05, 0) is 46.9 Å². The average molecular weight is 361 g/mol. The van der Waals surface area contributed by atoms with Gasteiger partial charge < -0.3 is 10.5 Å². The van der Waals surface area contributed by atoms with Crippen molar-refractivity contribution in [3.63, 3.8) is 0 Å². The number of nitrogens with zero attached hydrogens (tertiary/aromatic N) is 3. The van der Waals surface area contributed by atoms with Crippen molar-refractivity contribution in [1.29, 1.82) is 5.53 Å². The van der Waals surface area contributed by atoms with Gasteiger partial charge in [0.15, 0.2) is 0 Å². The molecule has 1 heterocycles. The molecule has 0 saturated carbocycles. The van der Waals surface area contributed by atoms with Gasteiger partial charge in [-0.2, -0.15) is 5.11 Å². The summed E-state index contributed by atoms with van der Waals surface area (Å²) in [5.41, 5.74) is 18.8. The van der Waals surface area contributed by atoms with Gasteiger partial charge >= 0.3 is 5.97 Å². The van der Waals surface area contributed by atoms with E-state index in [2.05, 4.69) is 15.1 Å². The number of hydrogen-bond acceptors (Lipinski definition) is 7. The van der Waals surface area contributed by atoms with E-state index in [9.17, 15) is 4.79 Å². The zero-order chi connectivity index (χ0) is 19.2. The smallest absolute Gasteiger partial charge is 0.305 e. The molecule has 136 valence electrons. The lowest BCUT2D eigenvalue weighted by Gasteiger charge is -2.13. The largest absolute Gasteiger partial charge is 0.469 e. The second-order valence-electron chi connectivity index (χ2n) is 6.00. The normalized spacial score (nSPS) is 10.4. The molecule has 0 fully saturated rings. The minimum Gasteiger partial charge on any atom is -0.469 e. The Bertz CT molecular complexity index is 973. The lowest BCUT2D eigenvalue weighted by atomic mass is 9.93. The number of nitrogen functional groups attached to an aromatic ring is 1. The van der Waals surface area contributed by atoms with Crippen molar-refractivity contribution in [3.05, 3.63) is 60.7 Å². The molecule has 0 atom stereocenters. The Morgan fingerprint density at radius 2 is 1.89 bits per heavy atom. The van der Waals surface area contributed by atoms with Crippen LogP contribution in [0.1, 0.15) is 12.0 Å². The molecule has 3 rings (SSSR count). The maximum absolute atomic E-state index is 11.6. The Hall–Kier alpha value is -3.61. The molecule has 0 aliphatic heterocycles. The number of carbonyl (C=O) groups excluding carboxylic acids is 1. The molecule has 0 amide bonds. The predicted octanol–water partition coefficient (Wildman–Crippen LogP) is 4.16. The van der Waals surface area contributed by atoms with E-state index >= 15 is 0 Å². The molecule has 7 heteroatoms. The van der Waals surface area contributed by atoms with Gasteiger partial charge in [-0.15, -0.1) is 0 Å². The van der Waals surface area contributed by atoms with Crippen LogP contribution in [0.25, 0.3) is 22.3 Å². The summed E-state index contributed by atoms with van der Waals surface area (Å²) in [6, 6.07) is 11.2. The number of aryl methyl sites for hydroxylation is 1. The number of nitrogens with one attached hydrogen (secondary N) is 1. The second kappa shape index (κ2) is 8.18. The molecule has 2 aromatic carbocycles. The molecule has 0 unspecified atom stereocenters. The van der Waals surface area contributed by atoms with E-state index in [-0.39, 0.29) is 12.4 Å². The van der Waals surface area contributed by atoms with Crippen molar-refractivity contribution in [1.82, 2.24) is 9.97 Å². The third-order valence-electron chi connectivity index (χ3n) is 4.21. The molecular formula is C20H19N5O2. The number of benzene rings is 2. The number of ether oxygens (including phenoxy) is 1. The van der Waals surface area contributed by atoms with E-state index in [1.807, 2.05) is 24.3 Å². The minimum absolute atomic E-state index is 0.260. The molecule has 3 N–H and O–H groups in total. The van der Waals surface area contributed by atoms with Gasteiger partial charge in [0.2, 0.25) is 0 Å². The van der Waals surface area contributed by atoms with E-state index in [0.29, 0.717) is 17.8 Å². The Morgan fingerprint density at radius 1 is 1.11 bits per heavy atom. The van der Waals surface area contributed by atoms with Gasteiger partial charge in [-0.25, -0.2) is 15.5 Å². The molecule has 0 bridgehead atoms. The highest BCUT2D eigenvalue weighted by molar-refractivity contribution is 5.78. The zero-order valence-electron chi connectivity index (χ0n) is 14.8. The van der Waals surface area contributed by atoms with E-state index in [0.717, 1.165) is 27.8 Å². The summed E-state index contributed by atoms with van der Waals surface area (Å²) in [5, 5.41) is 3.48. The molecule has 3 aromatic rings. The van der Waals surface area contributed by atoms with Crippen LogP contribution < -0.4 is 5.73 Å². The summed E-state index contributed by atoms with van der Waals surface area (Å²) in [4.78, 5) is 19.8. The van der Waals surface area contributed by atoms with Crippen LogP contribution in [0.4, 0.5) is 11.4 Å². The molecule has 27 heavy (non-hydrogen) atoms. The summed E-state index contributed by atoms with van der Waals surface area (Å²) in [6.07, 6.45) is 5.73. The van der Waals surface area contributed by atoms with Crippen LogP contribution in [-0.2, 0) is 16.0 Å². The quantitative estimate of drug-likeness (QED) is 0.389. The molecule has 0 spiro atoms. The number of hydrogen-bond donors (Lipinski definition) is 2. The zero-order valence-corrected chi connectivity index (χ0v) is 14.8. The van der Waals surface area contributed by atoms with Gasteiger partial charge in [-0.3, -0.25) is 4.79 Å². The Kier molecular flexibility index (Phi) is 5.51. The number of nitrogens with two attached hydrogens (primary N) is 1. The number of anilines is 1. The minimum atomic E-state index is -0.274. The molecule has 0 aliphatic rings. The van der Waals surface area contributed by atoms with Gasteiger partial charge in [0.05, 0.1) is 12.8 Å². The number of aromatic nitrogens is 2. The first-order valence-electron chi connectivity index (χ1n) is 8.34. The highest BCUT2D eigenvalue weighted by Gasteiger charge is 2.12. The van der Waals surface area contributed by atoms with Crippen molar-refractivity contribution >= 4 is 17.3 Å². The highest BCUT2D eigenvalue weighted by atomic mass is 16.5. The number of rotatable bonds is 6. The first-order chi connectivity index (χ1) is 13.1. The maximum Gasteiger partial charge on any atom is 0.305 e. The molecular weight excluding hydrogens is 342 g/mol. The monoisotopic (exact) mass is 361 g/mol. The maximum atomic E-state index is 11.6.